The first kappa shape index (κ1) is 16.0. The first-order valence-electron chi connectivity index (χ1n) is 8.35. The van der Waals surface area contributed by atoms with E-state index in [1.807, 2.05) is 20.8 Å². The fourth-order valence-electron chi connectivity index (χ4n) is 3.02. The number of rotatable bonds is 0. The fourth-order valence-corrected chi connectivity index (χ4v) is 3.02. The van der Waals surface area contributed by atoms with Gasteiger partial charge in [0.15, 0.2) is 0 Å². The van der Waals surface area contributed by atoms with E-state index in [2.05, 4.69) is 24.4 Å². The van der Waals surface area contributed by atoms with Gasteiger partial charge < -0.3 is 19.7 Å². The number of ether oxygens (including phenoxy) is 2. The Bertz CT molecular complexity index is 607. The van der Waals surface area contributed by atoms with Gasteiger partial charge in [-0.3, -0.25) is 0 Å². The average molecular weight is 318 g/mol. The highest BCUT2D eigenvalue weighted by atomic mass is 16.6. The van der Waals surface area contributed by atoms with Crippen LogP contribution in [0.5, 0.6) is 5.75 Å². The number of amides is 1. The Hall–Kier alpha value is -1.91. The van der Waals surface area contributed by atoms with Gasteiger partial charge in [0.2, 0.25) is 0 Å². The minimum atomic E-state index is -0.455. The highest BCUT2D eigenvalue weighted by molar-refractivity contribution is 5.69. The van der Waals surface area contributed by atoms with E-state index in [-0.39, 0.29) is 6.09 Å². The number of carbonyl (C=O) groups excluding carboxylic acids is 1. The van der Waals surface area contributed by atoms with Gasteiger partial charge in [-0.2, -0.15) is 0 Å². The summed E-state index contributed by atoms with van der Waals surface area (Å²) in [5.74, 6) is 0.924. The molecule has 0 bridgehead atoms. The molecular formula is C18H26N2O3. The molecule has 2 heterocycles. The van der Waals surface area contributed by atoms with Crippen molar-refractivity contribution in [2.45, 2.75) is 52.2 Å². The van der Waals surface area contributed by atoms with Gasteiger partial charge in [0.1, 0.15) is 18.0 Å². The van der Waals surface area contributed by atoms with Crippen LogP contribution in [0.3, 0.4) is 0 Å². The number of benzene rings is 1. The summed E-state index contributed by atoms with van der Waals surface area (Å²) in [7, 11) is 0. The molecule has 1 aromatic rings. The predicted molar refractivity (Wildman–Crippen MR) is 90.2 cm³/mol. The monoisotopic (exact) mass is 318 g/mol. The minimum Gasteiger partial charge on any atom is -0.489 e. The summed E-state index contributed by atoms with van der Waals surface area (Å²) in [6.45, 7) is 9.87. The normalized spacial score (nSPS) is 20.5. The summed E-state index contributed by atoms with van der Waals surface area (Å²) < 4.78 is 11.3. The predicted octanol–water partition coefficient (Wildman–Crippen LogP) is 3.22. The van der Waals surface area contributed by atoms with Crippen molar-refractivity contribution in [3.8, 4) is 5.75 Å². The number of fused-ring (bicyclic) bond motifs is 2. The second kappa shape index (κ2) is 5.95. The topological polar surface area (TPSA) is 50.8 Å². The van der Waals surface area contributed by atoms with Crippen LogP contribution in [0.2, 0.25) is 0 Å². The number of nitrogens with one attached hydrogen (secondary N) is 1. The van der Waals surface area contributed by atoms with Crippen LogP contribution >= 0.6 is 0 Å². The highest BCUT2D eigenvalue weighted by Gasteiger charge is 2.25. The van der Waals surface area contributed by atoms with Crippen LogP contribution in [0.4, 0.5) is 10.5 Å². The van der Waals surface area contributed by atoms with Gasteiger partial charge in [0.05, 0.1) is 11.7 Å². The van der Waals surface area contributed by atoms with Crippen LogP contribution in [0, 0.1) is 0 Å². The van der Waals surface area contributed by atoms with Crippen molar-refractivity contribution in [3.63, 3.8) is 0 Å². The number of carbonyl (C=O) groups is 1. The largest absolute Gasteiger partial charge is 0.489 e. The molecule has 126 valence electrons. The molecule has 0 saturated carbocycles. The molecule has 1 aromatic carbocycles. The Morgan fingerprint density at radius 3 is 2.57 bits per heavy atom. The van der Waals surface area contributed by atoms with E-state index in [4.69, 9.17) is 9.47 Å². The van der Waals surface area contributed by atoms with E-state index >= 15 is 0 Å². The number of hydrogen-bond acceptors (Lipinski definition) is 4. The standard InChI is InChI=1S/C18H26N2O3/c1-12-11-22-16-10-14-6-8-20(17(21)23-18(2,3)4)7-5-13(14)9-15(16)19-12/h9-10,12,19H,5-8,11H2,1-4H3/t12-/m1/s1. The van der Waals surface area contributed by atoms with Crippen LogP contribution in [0.15, 0.2) is 12.1 Å². The van der Waals surface area contributed by atoms with Crippen molar-refractivity contribution in [3.05, 3.63) is 23.3 Å². The van der Waals surface area contributed by atoms with E-state index in [0.717, 1.165) is 24.3 Å². The minimum absolute atomic E-state index is 0.224. The molecule has 0 unspecified atom stereocenters. The maximum atomic E-state index is 12.3. The molecule has 0 spiro atoms. The van der Waals surface area contributed by atoms with Crippen LogP contribution in [-0.2, 0) is 17.6 Å². The van der Waals surface area contributed by atoms with Crippen molar-refractivity contribution < 1.29 is 14.3 Å². The summed E-state index contributed by atoms with van der Waals surface area (Å²) in [4.78, 5) is 14.1. The average Bonchev–Trinajstić information content (AvgIpc) is 2.65. The molecule has 0 aromatic heterocycles. The Kier molecular flexibility index (Phi) is 4.13. The third kappa shape index (κ3) is 3.71. The van der Waals surface area contributed by atoms with Crippen LogP contribution in [0.25, 0.3) is 0 Å². The molecule has 0 saturated heterocycles. The lowest BCUT2D eigenvalue weighted by Crippen LogP contribution is -2.38. The first-order valence-corrected chi connectivity index (χ1v) is 8.35. The lowest BCUT2D eigenvalue weighted by Gasteiger charge is -2.26. The third-order valence-corrected chi connectivity index (χ3v) is 4.15. The summed E-state index contributed by atoms with van der Waals surface area (Å²) in [6.07, 6.45) is 1.46. The molecule has 3 rings (SSSR count). The van der Waals surface area contributed by atoms with E-state index in [1.165, 1.54) is 11.1 Å². The SMILES string of the molecule is C[C@@H]1COc2cc3c(cc2N1)CCN(C(=O)OC(C)(C)C)CC3. The molecule has 5 heteroatoms. The first-order chi connectivity index (χ1) is 10.8. The zero-order chi connectivity index (χ0) is 16.6. The van der Waals surface area contributed by atoms with Gasteiger partial charge in [0.25, 0.3) is 0 Å². The Morgan fingerprint density at radius 1 is 1.26 bits per heavy atom. The van der Waals surface area contributed by atoms with Crippen molar-refractivity contribution >= 4 is 11.8 Å². The second-order valence-corrected chi connectivity index (χ2v) is 7.44. The van der Waals surface area contributed by atoms with E-state index in [9.17, 15) is 4.79 Å². The van der Waals surface area contributed by atoms with Gasteiger partial charge in [0, 0.05) is 13.1 Å². The van der Waals surface area contributed by atoms with Crippen LogP contribution in [-0.4, -0.2) is 42.3 Å². The molecule has 5 nitrogen and oxygen atoms in total. The Balaban J connectivity index is 1.74. The second-order valence-electron chi connectivity index (χ2n) is 7.44. The van der Waals surface area contributed by atoms with Gasteiger partial charge in [-0.25, -0.2) is 4.79 Å². The van der Waals surface area contributed by atoms with Crippen molar-refractivity contribution in [1.82, 2.24) is 4.90 Å². The Labute approximate surface area is 137 Å². The van der Waals surface area contributed by atoms with Crippen molar-refractivity contribution in [1.29, 1.82) is 0 Å². The lowest BCUT2D eigenvalue weighted by molar-refractivity contribution is 0.0258. The van der Waals surface area contributed by atoms with E-state index in [1.54, 1.807) is 4.90 Å². The molecule has 2 aliphatic rings. The molecule has 1 amide bonds. The summed E-state index contributed by atoms with van der Waals surface area (Å²) in [5.41, 5.74) is 3.17. The Morgan fingerprint density at radius 2 is 1.91 bits per heavy atom. The van der Waals surface area contributed by atoms with Gasteiger partial charge in [-0.05, 0) is 63.8 Å². The van der Waals surface area contributed by atoms with Gasteiger partial charge in [-0.1, -0.05) is 0 Å². The summed E-state index contributed by atoms with van der Waals surface area (Å²) >= 11 is 0. The van der Waals surface area contributed by atoms with E-state index in [0.29, 0.717) is 25.7 Å². The molecule has 0 radical (unpaired) electrons. The number of anilines is 1. The smallest absolute Gasteiger partial charge is 0.410 e. The van der Waals surface area contributed by atoms with Crippen LogP contribution < -0.4 is 10.1 Å². The molecule has 1 N–H and O–H groups in total. The molecular weight excluding hydrogens is 292 g/mol. The third-order valence-electron chi connectivity index (χ3n) is 4.15. The maximum absolute atomic E-state index is 12.3. The van der Waals surface area contributed by atoms with Gasteiger partial charge >= 0.3 is 6.09 Å². The quantitative estimate of drug-likeness (QED) is 0.798. The van der Waals surface area contributed by atoms with Crippen molar-refractivity contribution in [2.75, 3.05) is 25.0 Å². The summed E-state index contributed by atoms with van der Waals surface area (Å²) in [6, 6.07) is 4.63. The zero-order valence-corrected chi connectivity index (χ0v) is 14.4. The fraction of sp³-hybridized carbons (Fsp3) is 0.611. The van der Waals surface area contributed by atoms with Gasteiger partial charge in [-0.15, -0.1) is 0 Å². The molecule has 0 fully saturated rings. The molecule has 0 aliphatic carbocycles. The molecule has 23 heavy (non-hydrogen) atoms. The molecule has 2 aliphatic heterocycles. The zero-order valence-electron chi connectivity index (χ0n) is 14.4. The maximum Gasteiger partial charge on any atom is 0.410 e. The lowest BCUT2D eigenvalue weighted by atomic mass is 10.0. The molecule has 1 atom stereocenters. The summed E-state index contributed by atoms with van der Waals surface area (Å²) in [5, 5.41) is 3.47. The number of nitrogens with zero attached hydrogens (tertiary/aromatic N) is 1. The highest BCUT2D eigenvalue weighted by Crippen LogP contribution is 2.33. The number of hydrogen-bond donors (Lipinski definition) is 1. The van der Waals surface area contributed by atoms with Crippen molar-refractivity contribution in [2.24, 2.45) is 0 Å². The van der Waals surface area contributed by atoms with Crippen LogP contribution in [0.1, 0.15) is 38.8 Å². The van der Waals surface area contributed by atoms with E-state index < -0.39 is 5.60 Å².